The summed E-state index contributed by atoms with van der Waals surface area (Å²) >= 11 is 1.64. The van der Waals surface area contributed by atoms with Gasteiger partial charge in [0, 0.05) is 5.70 Å². The summed E-state index contributed by atoms with van der Waals surface area (Å²) in [6.07, 6.45) is 0.340. The molecule has 0 spiro atoms. The summed E-state index contributed by atoms with van der Waals surface area (Å²) in [5.41, 5.74) is 5.88. The average Bonchev–Trinajstić information content (AvgIpc) is 2.15. The highest BCUT2D eigenvalue weighted by molar-refractivity contribution is 8.02. The molecule has 1 amide bonds. The van der Waals surface area contributed by atoms with Gasteiger partial charge in [-0.1, -0.05) is 0 Å². The Hall–Kier alpha value is -0.640. The third kappa shape index (κ3) is 1.97. The lowest BCUT2D eigenvalue weighted by Gasteiger charge is -1.96. The maximum absolute atomic E-state index is 10.3. The molecule has 1 rings (SSSR count). The molecule has 4 heteroatoms. The van der Waals surface area contributed by atoms with Crippen LogP contribution in [-0.2, 0) is 4.79 Å². The van der Waals surface area contributed by atoms with E-state index in [1.54, 1.807) is 11.8 Å². The highest BCUT2D eigenvalue weighted by Crippen LogP contribution is 2.13. The summed E-state index contributed by atoms with van der Waals surface area (Å²) in [6.45, 7) is 0. The molecule has 9 heavy (non-hydrogen) atoms. The van der Waals surface area contributed by atoms with E-state index < -0.39 is 0 Å². The van der Waals surface area contributed by atoms with Crippen molar-refractivity contribution in [3.05, 3.63) is 11.1 Å². The molecule has 0 saturated heterocycles. The third-order valence-corrected chi connectivity index (χ3v) is 1.74. The van der Waals surface area contributed by atoms with Crippen LogP contribution in [0.15, 0.2) is 11.1 Å². The van der Waals surface area contributed by atoms with E-state index in [1.807, 2.05) is 5.41 Å². The Morgan fingerprint density at radius 3 is 3.22 bits per heavy atom. The Morgan fingerprint density at radius 2 is 2.78 bits per heavy atom. The van der Waals surface area contributed by atoms with Crippen molar-refractivity contribution in [1.29, 1.82) is 0 Å². The van der Waals surface area contributed by atoms with Crippen LogP contribution in [0.25, 0.3) is 0 Å². The van der Waals surface area contributed by atoms with E-state index in [1.165, 1.54) is 0 Å². The van der Waals surface area contributed by atoms with Gasteiger partial charge in [-0.3, -0.25) is 4.79 Å². The molecule has 1 aliphatic heterocycles. The van der Waals surface area contributed by atoms with Crippen LogP contribution >= 0.6 is 11.8 Å². The fraction of sp³-hybridized carbons (Fsp3) is 0.400. The molecule has 0 aliphatic carbocycles. The molecule has 50 valence electrons. The molecule has 0 bridgehead atoms. The number of hydrogen-bond donors (Lipinski definition) is 2. The molecular formula is C5H8N2OS. The average molecular weight is 144 g/mol. The maximum Gasteiger partial charge on any atom is 0.223 e. The minimum absolute atomic E-state index is 0.281. The van der Waals surface area contributed by atoms with E-state index in [0.29, 0.717) is 6.42 Å². The van der Waals surface area contributed by atoms with E-state index in [2.05, 4.69) is 5.32 Å². The van der Waals surface area contributed by atoms with Gasteiger partial charge in [0.2, 0.25) is 5.91 Å². The number of carbonyl (C=O) groups excluding carboxylic acids is 1. The first-order chi connectivity index (χ1) is 4.29. The summed E-state index contributed by atoms with van der Waals surface area (Å²) < 4.78 is 0. The van der Waals surface area contributed by atoms with Crippen molar-refractivity contribution in [3.8, 4) is 0 Å². The van der Waals surface area contributed by atoms with Crippen molar-refractivity contribution in [2.45, 2.75) is 6.42 Å². The van der Waals surface area contributed by atoms with Gasteiger partial charge in [0.25, 0.3) is 0 Å². The molecule has 1 heterocycles. The van der Waals surface area contributed by atoms with Gasteiger partial charge in [-0.05, 0) is 5.41 Å². The summed E-state index contributed by atoms with van der Waals surface area (Å²) in [5.74, 6) is 0.582. The van der Waals surface area contributed by atoms with Gasteiger partial charge in [0.05, 0.1) is 12.3 Å². The zero-order valence-corrected chi connectivity index (χ0v) is 5.70. The predicted molar refractivity (Wildman–Crippen MR) is 37.5 cm³/mol. The van der Waals surface area contributed by atoms with Crippen molar-refractivity contribution in [2.24, 2.45) is 5.73 Å². The molecule has 3 nitrogen and oxygen atoms in total. The molecule has 0 saturated carbocycles. The largest absolute Gasteiger partial charge is 0.378 e. The van der Waals surface area contributed by atoms with Crippen LogP contribution in [0.1, 0.15) is 6.42 Å². The van der Waals surface area contributed by atoms with Crippen LogP contribution in [0.4, 0.5) is 0 Å². The zero-order chi connectivity index (χ0) is 6.69. The highest BCUT2D eigenvalue weighted by Gasteiger charge is 2.05. The van der Waals surface area contributed by atoms with Gasteiger partial charge in [-0.2, -0.15) is 0 Å². The SMILES string of the molecule is NC(=O)CC1=CSCN1. The smallest absolute Gasteiger partial charge is 0.223 e. The van der Waals surface area contributed by atoms with Crippen LogP contribution in [0.5, 0.6) is 0 Å². The lowest BCUT2D eigenvalue weighted by Crippen LogP contribution is -2.16. The van der Waals surface area contributed by atoms with Gasteiger partial charge in [-0.15, -0.1) is 11.8 Å². The first-order valence-electron chi connectivity index (χ1n) is 2.62. The minimum Gasteiger partial charge on any atom is -0.378 e. The van der Waals surface area contributed by atoms with Gasteiger partial charge < -0.3 is 11.1 Å². The van der Waals surface area contributed by atoms with Gasteiger partial charge in [-0.25, -0.2) is 0 Å². The molecule has 3 N–H and O–H groups in total. The van der Waals surface area contributed by atoms with Gasteiger partial charge in [0.15, 0.2) is 0 Å². The number of rotatable bonds is 2. The second-order valence-electron chi connectivity index (χ2n) is 1.77. The number of amides is 1. The van der Waals surface area contributed by atoms with Crippen molar-refractivity contribution in [2.75, 3.05) is 5.88 Å². The Labute approximate surface area is 57.7 Å². The van der Waals surface area contributed by atoms with Crippen molar-refractivity contribution in [3.63, 3.8) is 0 Å². The van der Waals surface area contributed by atoms with E-state index in [4.69, 9.17) is 5.73 Å². The van der Waals surface area contributed by atoms with E-state index >= 15 is 0 Å². The van der Waals surface area contributed by atoms with E-state index in [-0.39, 0.29) is 5.91 Å². The van der Waals surface area contributed by atoms with Crippen LogP contribution in [0, 0.1) is 0 Å². The summed E-state index contributed by atoms with van der Waals surface area (Å²) in [6, 6.07) is 0. The predicted octanol–water partition coefficient (Wildman–Crippen LogP) is -0.00290. The van der Waals surface area contributed by atoms with Crippen LogP contribution in [-0.4, -0.2) is 11.8 Å². The minimum atomic E-state index is -0.281. The molecule has 0 aromatic heterocycles. The van der Waals surface area contributed by atoms with E-state index in [0.717, 1.165) is 11.6 Å². The number of thioether (sulfide) groups is 1. The standard InChI is InChI=1S/C5H8N2OS/c6-5(8)1-4-2-9-3-7-4/h2,7H,1,3H2,(H2,6,8). The number of hydrogen-bond acceptors (Lipinski definition) is 3. The summed E-state index contributed by atoms with van der Waals surface area (Å²) in [7, 11) is 0. The van der Waals surface area contributed by atoms with Crippen molar-refractivity contribution >= 4 is 17.7 Å². The number of carbonyl (C=O) groups is 1. The van der Waals surface area contributed by atoms with E-state index in [9.17, 15) is 4.79 Å². The van der Waals surface area contributed by atoms with Crippen LogP contribution < -0.4 is 11.1 Å². The first-order valence-corrected chi connectivity index (χ1v) is 3.67. The Bertz CT molecular complexity index is 155. The molecule has 0 fully saturated rings. The molecule has 0 aromatic rings. The molecule has 1 aliphatic rings. The molecule has 0 aromatic carbocycles. The maximum atomic E-state index is 10.3. The monoisotopic (exact) mass is 144 g/mol. The second kappa shape index (κ2) is 2.77. The summed E-state index contributed by atoms with van der Waals surface area (Å²) in [4.78, 5) is 10.3. The van der Waals surface area contributed by atoms with Gasteiger partial charge in [0.1, 0.15) is 0 Å². The van der Waals surface area contributed by atoms with Gasteiger partial charge >= 0.3 is 0 Å². The van der Waals surface area contributed by atoms with Crippen molar-refractivity contribution < 1.29 is 4.79 Å². The van der Waals surface area contributed by atoms with Crippen molar-refractivity contribution in [1.82, 2.24) is 5.32 Å². The third-order valence-electron chi connectivity index (χ3n) is 0.973. The molecule has 0 radical (unpaired) electrons. The lowest BCUT2D eigenvalue weighted by molar-refractivity contribution is -0.117. The first kappa shape index (κ1) is 6.48. The van der Waals surface area contributed by atoms with Crippen LogP contribution in [0.3, 0.4) is 0 Å². The fourth-order valence-corrected chi connectivity index (χ4v) is 1.33. The Balaban J connectivity index is 2.35. The highest BCUT2D eigenvalue weighted by atomic mass is 32.2. The molecule has 0 atom stereocenters. The van der Waals surface area contributed by atoms with Crippen LogP contribution in [0.2, 0.25) is 0 Å². The zero-order valence-electron chi connectivity index (χ0n) is 4.89. The second-order valence-corrected chi connectivity index (χ2v) is 2.63. The molecular weight excluding hydrogens is 136 g/mol. The lowest BCUT2D eigenvalue weighted by atomic mass is 10.3. The number of nitrogens with two attached hydrogens (primary N) is 1. The number of nitrogens with one attached hydrogen (secondary N) is 1. The normalized spacial score (nSPS) is 16.7. The quantitative estimate of drug-likeness (QED) is 0.573. The topological polar surface area (TPSA) is 55.1 Å². The summed E-state index contributed by atoms with van der Waals surface area (Å²) in [5, 5.41) is 4.93. The number of primary amides is 1. The Morgan fingerprint density at radius 1 is 2.00 bits per heavy atom. The Kier molecular flexibility index (Phi) is 2.00. The fourth-order valence-electron chi connectivity index (χ4n) is 0.610. The molecule has 0 unspecified atom stereocenters.